The van der Waals surface area contributed by atoms with Crippen LogP contribution in [0.25, 0.3) is 0 Å². The van der Waals surface area contributed by atoms with Crippen molar-refractivity contribution in [3.05, 3.63) is 120 Å². The lowest BCUT2D eigenvalue weighted by Gasteiger charge is -2.13. The normalized spacial score (nSPS) is 12.8. The van der Waals surface area contributed by atoms with E-state index >= 15 is 0 Å². The van der Waals surface area contributed by atoms with Crippen molar-refractivity contribution in [3.63, 3.8) is 0 Å². The van der Waals surface area contributed by atoms with Crippen molar-refractivity contribution in [1.29, 1.82) is 0 Å². The monoisotopic (exact) mass is 466 g/mol. The van der Waals surface area contributed by atoms with Gasteiger partial charge < -0.3 is 4.74 Å². The molecule has 2 unspecified atom stereocenters. The highest BCUT2D eigenvalue weighted by Crippen LogP contribution is 2.20. The maximum atomic E-state index is 6.14. The SMILES string of the molecule is C[SiH](CCc1ccccc1)c1ccc(Oc2ccc([SiH](C)CCc3ccccc3)cc2)cc1. The summed E-state index contributed by atoms with van der Waals surface area (Å²) >= 11 is 0. The Hall–Kier alpha value is -2.89. The van der Waals surface area contributed by atoms with E-state index in [9.17, 15) is 0 Å². The summed E-state index contributed by atoms with van der Waals surface area (Å²) < 4.78 is 6.14. The quantitative estimate of drug-likeness (QED) is 0.257. The van der Waals surface area contributed by atoms with Gasteiger partial charge in [0.05, 0.1) is 17.6 Å². The third kappa shape index (κ3) is 7.05. The lowest BCUT2D eigenvalue weighted by molar-refractivity contribution is 0.483. The van der Waals surface area contributed by atoms with Crippen LogP contribution in [-0.2, 0) is 12.8 Å². The zero-order chi connectivity index (χ0) is 22.9. The number of aryl methyl sites for hydroxylation is 2. The summed E-state index contributed by atoms with van der Waals surface area (Å²) in [6.07, 6.45) is 2.35. The van der Waals surface area contributed by atoms with E-state index in [1.54, 1.807) is 0 Å². The molecule has 168 valence electrons. The standard InChI is InChI=1S/C30H34OSi2/c1-32(23-21-25-9-5-3-6-10-25)29-17-13-27(14-18-29)31-28-15-19-30(20-16-28)33(2)24-22-26-11-7-4-8-12-26/h3-20,32-33H,21-24H2,1-2H3. The Morgan fingerprint density at radius 3 is 1.21 bits per heavy atom. The molecule has 0 heterocycles. The Kier molecular flexibility index (Phi) is 8.34. The molecule has 0 aliphatic heterocycles. The zero-order valence-corrected chi connectivity index (χ0v) is 22.1. The fraction of sp³-hybridized carbons (Fsp3) is 0.200. The number of ether oxygens (including phenoxy) is 1. The van der Waals surface area contributed by atoms with Crippen LogP contribution in [0.15, 0.2) is 109 Å². The molecule has 0 aliphatic carbocycles. The van der Waals surface area contributed by atoms with E-state index in [0.717, 1.165) is 11.5 Å². The zero-order valence-electron chi connectivity index (χ0n) is 19.8. The Bertz CT molecular complexity index is 1000. The minimum atomic E-state index is -0.935. The average molecular weight is 467 g/mol. The van der Waals surface area contributed by atoms with Gasteiger partial charge in [-0.1, -0.05) is 120 Å². The van der Waals surface area contributed by atoms with Crippen LogP contribution in [0.5, 0.6) is 11.5 Å². The molecule has 1 nitrogen and oxygen atoms in total. The lowest BCUT2D eigenvalue weighted by Crippen LogP contribution is -2.26. The second-order valence-corrected chi connectivity index (χ2v) is 15.2. The van der Waals surface area contributed by atoms with Gasteiger partial charge in [0.15, 0.2) is 0 Å². The molecule has 4 rings (SSSR count). The molecule has 0 aliphatic rings. The highest BCUT2D eigenvalue weighted by molar-refractivity contribution is 6.72. The topological polar surface area (TPSA) is 9.23 Å². The highest BCUT2D eigenvalue weighted by Gasteiger charge is 2.10. The summed E-state index contributed by atoms with van der Waals surface area (Å²) in [4.78, 5) is 0. The van der Waals surface area contributed by atoms with Crippen LogP contribution >= 0.6 is 0 Å². The smallest absolute Gasteiger partial charge is 0.127 e. The fourth-order valence-electron chi connectivity index (χ4n) is 4.25. The molecule has 0 bridgehead atoms. The van der Waals surface area contributed by atoms with Crippen LogP contribution in [0.3, 0.4) is 0 Å². The fourth-order valence-corrected chi connectivity index (χ4v) is 8.15. The molecular formula is C30H34OSi2. The molecule has 3 heteroatoms. The van der Waals surface area contributed by atoms with Crippen LogP contribution < -0.4 is 15.1 Å². The number of hydrogen-bond donors (Lipinski definition) is 0. The third-order valence-corrected chi connectivity index (χ3v) is 11.9. The first-order chi connectivity index (χ1) is 16.2. The van der Waals surface area contributed by atoms with Crippen LogP contribution in [0, 0.1) is 0 Å². The minimum absolute atomic E-state index is 0.921. The third-order valence-electron chi connectivity index (χ3n) is 6.55. The van der Waals surface area contributed by atoms with Crippen LogP contribution in [0.2, 0.25) is 25.2 Å². The molecule has 0 N–H and O–H groups in total. The first-order valence-corrected chi connectivity index (χ1v) is 17.2. The van der Waals surface area contributed by atoms with Gasteiger partial charge in [-0.2, -0.15) is 0 Å². The van der Waals surface area contributed by atoms with Crippen LogP contribution in [0.1, 0.15) is 11.1 Å². The van der Waals surface area contributed by atoms with Gasteiger partial charge in [-0.25, -0.2) is 0 Å². The maximum Gasteiger partial charge on any atom is 0.127 e. The van der Waals surface area contributed by atoms with Gasteiger partial charge in [-0.05, 0) is 48.2 Å². The van der Waals surface area contributed by atoms with E-state index in [1.165, 1.54) is 46.4 Å². The highest BCUT2D eigenvalue weighted by atomic mass is 28.3. The molecule has 0 radical (unpaired) electrons. The second kappa shape index (κ2) is 11.8. The van der Waals surface area contributed by atoms with Gasteiger partial charge in [-0.3, -0.25) is 0 Å². The Morgan fingerprint density at radius 2 is 0.848 bits per heavy atom. The average Bonchev–Trinajstić information content (AvgIpc) is 2.88. The van der Waals surface area contributed by atoms with E-state index in [2.05, 4.69) is 122 Å². The second-order valence-electron chi connectivity index (χ2n) is 9.09. The van der Waals surface area contributed by atoms with Crippen molar-refractivity contribution in [2.24, 2.45) is 0 Å². The van der Waals surface area contributed by atoms with E-state index < -0.39 is 17.6 Å². The van der Waals surface area contributed by atoms with Gasteiger partial charge in [0.2, 0.25) is 0 Å². The Balaban J connectivity index is 1.28. The lowest BCUT2D eigenvalue weighted by atomic mass is 10.2. The first kappa shape index (κ1) is 23.3. The summed E-state index contributed by atoms with van der Waals surface area (Å²) in [7, 11) is -1.87. The summed E-state index contributed by atoms with van der Waals surface area (Å²) in [6, 6.07) is 41.8. The van der Waals surface area contributed by atoms with Crippen molar-refractivity contribution in [2.75, 3.05) is 0 Å². The van der Waals surface area contributed by atoms with Crippen molar-refractivity contribution < 1.29 is 4.74 Å². The Labute approximate surface area is 202 Å². The maximum absolute atomic E-state index is 6.14. The molecule has 0 saturated carbocycles. The van der Waals surface area contributed by atoms with Crippen molar-refractivity contribution >= 4 is 28.0 Å². The number of hydrogen-bond acceptors (Lipinski definition) is 1. The van der Waals surface area contributed by atoms with E-state index in [1.807, 2.05) is 0 Å². The van der Waals surface area contributed by atoms with Crippen LogP contribution in [0.4, 0.5) is 0 Å². The summed E-state index contributed by atoms with van der Waals surface area (Å²) in [5.41, 5.74) is 2.88. The van der Waals surface area contributed by atoms with Gasteiger partial charge in [0, 0.05) is 0 Å². The van der Waals surface area contributed by atoms with Gasteiger partial charge in [0.25, 0.3) is 0 Å². The largest absolute Gasteiger partial charge is 0.457 e. The predicted octanol–water partition coefficient (Wildman–Crippen LogP) is 6.09. The molecule has 0 saturated heterocycles. The Morgan fingerprint density at radius 1 is 0.485 bits per heavy atom. The molecule has 0 spiro atoms. The summed E-state index contributed by atoms with van der Waals surface area (Å²) in [5.74, 6) is 1.84. The van der Waals surface area contributed by atoms with Crippen LogP contribution in [-0.4, -0.2) is 17.6 Å². The van der Waals surface area contributed by atoms with E-state index in [-0.39, 0.29) is 0 Å². The molecule has 0 amide bonds. The molecular weight excluding hydrogens is 433 g/mol. The van der Waals surface area contributed by atoms with Gasteiger partial charge in [0.1, 0.15) is 11.5 Å². The summed E-state index contributed by atoms with van der Waals surface area (Å²) in [6.45, 7) is 4.89. The molecule has 2 atom stereocenters. The van der Waals surface area contributed by atoms with Crippen molar-refractivity contribution in [2.45, 2.75) is 38.0 Å². The predicted molar refractivity (Wildman–Crippen MR) is 148 cm³/mol. The molecule has 0 fully saturated rings. The van der Waals surface area contributed by atoms with E-state index in [4.69, 9.17) is 4.74 Å². The number of rotatable bonds is 10. The first-order valence-electron chi connectivity index (χ1n) is 12.1. The van der Waals surface area contributed by atoms with Crippen molar-refractivity contribution in [1.82, 2.24) is 0 Å². The van der Waals surface area contributed by atoms with Gasteiger partial charge in [-0.15, -0.1) is 0 Å². The minimum Gasteiger partial charge on any atom is -0.457 e. The molecule has 0 aromatic heterocycles. The summed E-state index contributed by atoms with van der Waals surface area (Å²) in [5, 5.41) is 3.01. The number of benzene rings is 4. The molecule has 33 heavy (non-hydrogen) atoms. The molecule has 4 aromatic carbocycles. The van der Waals surface area contributed by atoms with E-state index in [0.29, 0.717) is 0 Å². The molecule has 4 aromatic rings. The van der Waals surface area contributed by atoms with Crippen molar-refractivity contribution in [3.8, 4) is 11.5 Å². The van der Waals surface area contributed by atoms with Gasteiger partial charge >= 0.3 is 0 Å².